The van der Waals surface area contributed by atoms with E-state index in [-0.39, 0.29) is 18.2 Å². The van der Waals surface area contributed by atoms with Crippen molar-refractivity contribution in [3.63, 3.8) is 0 Å². The third-order valence-corrected chi connectivity index (χ3v) is 3.74. The molecule has 0 aliphatic carbocycles. The first-order valence-corrected chi connectivity index (χ1v) is 7.97. The van der Waals surface area contributed by atoms with Crippen molar-refractivity contribution < 1.29 is 9.53 Å². The van der Waals surface area contributed by atoms with Crippen LogP contribution in [0.25, 0.3) is 0 Å². The standard InChI is InChI=1S/C16H26N4O2/c1-12-6-7-15(19-11-12)17-8-4-9-18-16(21)20-13(2)14-5-3-10-22-14/h6-7,11,13-14H,3-5,8-10H2,1-2H3,(H,17,19)(H2,18,20,21)/t13-,14-/m0/s1. The number of rotatable bonds is 7. The van der Waals surface area contributed by atoms with Crippen molar-refractivity contribution in [3.05, 3.63) is 23.9 Å². The Balaban J connectivity index is 1.54. The van der Waals surface area contributed by atoms with Crippen LogP contribution in [0.4, 0.5) is 10.6 Å². The van der Waals surface area contributed by atoms with Gasteiger partial charge in [-0.05, 0) is 44.7 Å². The Bertz CT molecular complexity index is 458. The van der Waals surface area contributed by atoms with Crippen LogP contribution in [0.15, 0.2) is 18.3 Å². The molecule has 2 rings (SSSR count). The second kappa shape index (κ2) is 8.58. The molecule has 1 aliphatic rings. The summed E-state index contributed by atoms with van der Waals surface area (Å²) in [6, 6.07) is 3.90. The lowest BCUT2D eigenvalue weighted by Crippen LogP contribution is -2.46. The van der Waals surface area contributed by atoms with Gasteiger partial charge in [0.1, 0.15) is 5.82 Å². The maximum Gasteiger partial charge on any atom is 0.315 e. The summed E-state index contributed by atoms with van der Waals surface area (Å²) >= 11 is 0. The number of anilines is 1. The molecule has 3 N–H and O–H groups in total. The first-order valence-electron chi connectivity index (χ1n) is 7.97. The minimum atomic E-state index is -0.128. The van der Waals surface area contributed by atoms with Crippen LogP contribution in [0.2, 0.25) is 0 Å². The quantitative estimate of drug-likeness (QED) is 0.674. The molecule has 1 aromatic rings. The van der Waals surface area contributed by atoms with Crippen LogP contribution < -0.4 is 16.0 Å². The molecule has 2 heterocycles. The number of urea groups is 1. The number of amides is 2. The van der Waals surface area contributed by atoms with E-state index in [1.807, 2.05) is 32.2 Å². The number of nitrogens with zero attached hydrogens (tertiary/aromatic N) is 1. The first-order chi connectivity index (χ1) is 10.6. The van der Waals surface area contributed by atoms with Crippen molar-refractivity contribution in [2.45, 2.75) is 45.3 Å². The van der Waals surface area contributed by atoms with Gasteiger partial charge in [0, 0.05) is 25.9 Å². The molecular formula is C16H26N4O2. The minimum absolute atomic E-state index is 0.0531. The first kappa shape index (κ1) is 16.5. The number of pyridine rings is 1. The van der Waals surface area contributed by atoms with Gasteiger partial charge < -0.3 is 20.7 Å². The van der Waals surface area contributed by atoms with Crippen molar-refractivity contribution in [2.24, 2.45) is 0 Å². The number of aromatic nitrogens is 1. The van der Waals surface area contributed by atoms with Crippen LogP contribution >= 0.6 is 0 Å². The Morgan fingerprint density at radius 3 is 3.00 bits per heavy atom. The average Bonchev–Trinajstić information content (AvgIpc) is 3.03. The highest BCUT2D eigenvalue weighted by molar-refractivity contribution is 5.74. The summed E-state index contributed by atoms with van der Waals surface area (Å²) in [5.74, 6) is 0.863. The zero-order valence-electron chi connectivity index (χ0n) is 13.4. The second-order valence-corrected chi connectivity index (χ2v) is 5.74. The Kier molecular flexibility index (Phi) is 6.45. The zero-order valence-corrected chi connectivity index (χ0v) is 13.4. The van der Waals surface area contributed by atoms with Gasteiger partial charge in [0.05, 0.1) is 12.1 Å². The molecular weight excluding hydrogens is 280 g/mol. The molecule has 6 heteroatoms. The van der Waals surface area contributed by atoms with E-state index in [0.717, 1.165) is 43.8 Å². The maximum absolute atomic E-state index is 11.8. The highest BCUT2D eigenvalue weighted by Gasteiger charge is 2.23. The lowest BCUT2D eigenvalue weighted by Gasteiger charge is -2.20. The van der Waals surface area contributed by atoms with E-state index in [1.165, 1.54) is 0 Å². The fourth-order valence-corrected chi connectivity index (χ4v) is 2.43. The lowest BCUT2D eigenvalue weighted by molar-refractivity contribution is 0.0860. The minimum Gasteiger partial charge on any atom is -0.376 e. The van der Waals surface area contributed by atoms with Crippen LogP contribution in [-0.4, -0.2) is 42.9 Å². The molecule has 22 heavy (non-hydrogen) atoms. The maximum atomic E-state index is 11.8. The molecule has 2 atom stereocenters. The molecule has 0 radical (unpaired) electrons. The molecule has 1 fully saturated rings. The van der Waals surface area contributed by atoms with Crippen molar-refractivity contribution in [1.29, 1.82) is 0 Å². The predicted octanol–water partition coefficient (Wildman–Crippen LogP) is 2.06. The van der Waals surface area contributed by atoms with E-state index in [0.29, 0.717) is 6.54 Å². The smallest absolute Gasteiger partial charge is 0.315 e. The van der Waals surface area contributed by atoms with E-state index >= 15 is 0 Å². The van der Waals surface area contributed by atoms with Gasteiger partial charge in [-0.2, -0.15) is 0 Å². The molecule has 1 aromatic heterocycles. The third-order valence-electron chi connectivity index (χ3n) is 3.74. The number of aryl methyl sites for hydroxylation is 1. The summed E-state index contributed by atoms with van der Waals surface area (Å²) in [5, 5.41) is 9.02. The van der Waals surface area contributed by atoms with Gasteiger partial charge in [-0.25, -0.2) is 9.78 Å². The van der Waals surface area contributed by atoms with Crippen molar-refractivity contribution in [2.75, 3.05) is 25.0 Å². The van der Waals surface area contributed by atoms with Crippen LogP contribution in [0.3, 0.4) is 0 Å². The predicted molar refractivity (Wildman–Crippen MR) is 87.1 cm³/mol. The topological polar surface area (TPSA) is 75.3 Å². The largest absolute Gasteiger partial charge is 0.376 e. The monoisotopic (exact) mass is 306 g/mol. The van der Waals surface area contributed by atoms with E-state index in [2.05, 4.69) is 20.9 Å². The summed E-state index contributed by atoms with van der Waals surface area (Å²) in [6.07, 6.45) is 4.93. The van der Waals surface area contributed by atoms with Gasteiger partial charge in [-0.15, -0.1) is 0 Å². The third kappa shape index (κ3) is 5.52. The van der Waals surface area contributed by atoms with Crippen LogP contribution in [0.1, 0.15) is 31.7 Å². The summed E-state index contributed by atoms with van der Waals surface area (Å²) in [6.45, 7) is 6.20. The highest BCUT2D eigenvalue weighted by Crippen LogP contribution is 2.15. The molecule has 0 spiro atoms. The molecule has 122 valence electrons. The molecule has 1 aliphatic heterocycles. The lowest BCUT2D eigenvalue weighted by atomic mass is 10.1. The molecule has 6 nitrogen and oxygen atoms in total. The van der Waals surface area contributed by atoms with E-state index in [1.54, 1.807) is 0 Å². The second-order valence-electron chi connectivity index (χ2n) is 5.74. The van der Waals surface area contributed by atoms with Gasteiger partial charge in [0.25, 0.3) is 0 Å². The Hall–Kier alpha value is -1.82. The van der Waals surface area contributed by atoms with E-state index in [9.17, 15) is 4.79 Å². The summed E-state index contributed by atoms with van der Waals surface area (Å²) in [4.78, 5) is 16.0. The van der Waals surface area contributed by atoms with Gasteiger partial charge in [0.15, 0.2) is 0 Å². The van der Waals surface area contributed by atoms with Crippen molar-refractivity contribution in [3.8, 4) is 0 Å². The number of carbonyl (C=O) groups excluding carboxylic acids is 1. The van der Waals surface area contributed by atoms with Gasteiger partial charge >= 0.3 is 6.03 Å². The molecule has 2 amide bonds. The Morgan fingerprint density at radius 1 is 1.45 bits per heavy atom. The number of nitrogens with one attached hydrogen (secondary N) is 3. The SMILES string of the molecule is Cc1ccc(NCCCNC(=O)N[C@@H](C)[C@@H]2CCCO2)nc1. The normalized spacial score (nSPS) is 18.7. The van der Waals surface area contributed by atoms with Crippen LogP contribution in [0, 0.1) is 6.92 Å². The molecule has 0 aromatic carbocycles. The van der Waals surface area contributed by atoms with Gasteiger partial charge in [-0.3, -0.25) is 0 Å². The van der Waals surface area contributed by atoms with Gasteiger partial charge in [0.2, 0.25) is 0 Å². The van der Waals surface area contributed by atoms with Crippen LogP contribution in [0.5, 0.6) is 0 Å². The fraction of sp³-hybridized carbons (Fsp3) is 0.625. The summed E-state index contributed by atoms with van der Waals surface area (Å²) < 4.78 is 5.56. The fourth-order valence-electron chi connectivity index (χ4n) is 2.43. The van der Waals surface area contributed by atoms with E-state index < -0.39 is 0 Å². The van der Waals surface area contributed by atoms with Crippen molar-refractivity contribution >= 4 is 11.8 Å². The number of hydrogen-bond donors (Lipinski definition) is 3. The van der Waals surface area contributed by atoms with Crippen LogP contribution in [-0.2, 0) is 4.74 Å². The Labute approximate surface area is 132 Å². The average molecular weight is 306 g/mol. The highest BCUT2D eigenvalue weighted by atomic mass is 16.5. The zero-order chi connectivity index (χ0) is 15.8. The molecule has 0 unspecified atom stereocenters. The van der Waals surface area contributed by atoms with Crippen molar-refractivity contribution in [1.82, 2.24) is 15.6 Å². The number of hydrogen-bond acceptors (Lipinski definition) is 4. The van der Waals surface area contributed by atoms with Gasteiger partial charge in [-0.1, -0.05) is 6.07 Å². The molecule has 0 saturated carbocycles. The summed E-state index contributed by atoms with van der Waals surface area (Å²) in [5.41, 5.74) is 1.14. The number of ether oxygens (including phenoxy) is 1. The Morgan fingerprint density at radius 2 is 2.32 bits per heavy atom. The van der Waals surface area contributed by atoms with E-state index in [4.69, 9.17) is 4.74 Å². The number of carbonyl (C=O) groups is 1. The molecule has 1 saturated heterocycles. The summed E-state index contributed by atoms with van der Waals surface area (Å²) in [7, 11) is 0. The molecule has 0 bridgehead atoms.